The molecule has 2 bridgehead atoms. The smallest absolute Gasteiger partial charge is 0.278 e. The maximum absolute atomic E-state index is 15.8. The second-order valence-electron chi connectivity index (χ2n) is 15.9. The van der Waals surface area contributed by atoms with Gasteiger partial charge in [0.1, 0.15) is 18.5 Å². The lowest BCUT2D eigenvalue weighted by Crippen LogP contribution is -2.83. The molecule has 0 aromatic heterocycles. The van der Waals surface area contributed by atoms with E-state index in [1.54, 1.807) is 14.1 Å². The summed E-state index contributed by atoms with van der Waals surface area (Å²) < 4.78 is -1.46. The highest BCUT2D eigenvalue weighted by atomic mass is 16.6. The van der Waals surface area contributed by atoms with Crippen molar-refractivity contribution in [3.63, 3.8) is 0 Å². The first-order valence-electron chi connectivity index (χ1n) is 19.4. The topological polar surface area (TPSA) is 46.1 Å². The minimum absolute atomic E-state index is 0.236. The van der Waals surface area contributed by atoms with Crippen molar-refractivity contribution < 1.29 is 9.29 Å². The van der Waals surface area contributed by atoms with Crippen LogP contribution in [0.3, 0.4) is 0 Å². The second-order valence-corrected chi connectivity index (χ2v) is 15.9. The van der Waals surface area contributed by atoms with Gasteiger partial charge >= 0.3 is 0 Å². The molecule has 0 spiro atoms. The van der Waals surface area contributed by atoms with E-state index in [9.17, 15) is 0 Å². The molecule has 1 fully saturated rings. The number of hydrogen-bond acceptors (Lipinski definition) is 2. The average molecular weight is 727 g/mol. The van der Waals surface area contributed by atoms with Gasteiger partial charge in [0, 0.05) is 0 Å². The summed E-state index contributed by atoms with van der Waals surface area (Å²) in [5.41, 5.74) is 10.1. The highest BCUT2D eigenvalue weighted by Crippen LogP contribution is 2.63. The standard InChI is InChI=1S/C52H42N2O2/c1-53(55)35-51(41-29-17-7-18-30-41)36-54(2,56)52(53,42-31-19-8-20-32-42)46-34-44-43(33-45(46)51)47(37-21-9-3-10-22-37)49(39-25-13-5-14-26-39)50(40-27-15-6-16-28-40)48(44)38-23-11-4-12-24-38/h3-34H,35-36H2,1-2H3. The molecule has 3 aliphatic heterocycles. The van der Waals surface area contributed by atoms with Crippen molar-refractivity contribution in [2.75, 3.05) is 27.2 Å². The van der Waals surface area contributed by atoms with Gasteiger partial charge in [0.2, 0.25) is 0 Å². The van der Waals surface area contributed by atoms with Gasteiger partial charge in [-0.1, -0.05) is 170 Å². The lowest BCUT2D eigenvalue weighted by molar-refractivity contribution is -1.14. The fourth-order valence-electron chi connectivity index (χ4n) is 10.7. The van der Waals surface area contributed by atoms with Gasteiger partial charge in [-0.05, 0) is 90.7 Å². The minimum atomic E-state index is -1.48. The Balaban J connectivity index is 1.49. The highest BCUT2D eigenvalue weighted by molar-refractivity contribution is 6.18. The number of benzene rings is 8. The maximum Gasteiger partial charge on any atom is 0.278 e. The third-order valence-electron chi connectivity index (χ3n) is 12.6. The van der Waals surface area contributed by atoms with Gasteiger partial charge in [0.15, 0.2) is 0 Å². The highest BCUT2D eigenvalue weighted by Gasteiger charge is 2.72. The summed E-state index contributed by atoms with van der Waals surface area (Å²) >= 11 is 0. The first-order valence-corrected chi connectivity index (χ1v) is 19.4. The number of fused-ring (bicyclic) bond motifs is 3. The monoisotopic (exact) mass is 726 g/mol. The molecule has 8 aromatic carbocycles. The summed E-state index contributed by atoms with van der Waals surface area (Å²) in [5.74, 6) is 0. The molecule has 4 nitrogen and oxygen atoms in total. The summed E-state index contributed by atoms with van der Waals surface area (Å²) in [6, 6.07) is 67.5. The van der Waals surface area contributed by atoms with E-state index in [-0.39, 0.29) is 13.1 Å². The maximum atomic E-state index is 15.8. The zero-order chi connectivity index (χ0) is 38.1. The molecule has 8 aromatic rings. The quantitative estimate of drug-likeness (QED) is 0.126. The Bertz CT molecular complexity index is 2700. The van der Waals surface area contributed by atoms with Crippen LogP contribution in [0.15, 0.2) is 194 Å². The Morgan fingerprint density at radius 3 is 1.05 bits per heavy atom. The van der Waals surface area contributed by atoms with Crippen LogP contribution in [0.5, 0.6) is 0 Å². The number of likely N-dealkylation sites (N-methyl/N-ethyl adjacent to an activating group) is 2. The van der Waals surface area contributed by atoms with Crippen molar-refractivity contribution in [2.45, 2.75) is 11.1 Å². The Morgan fingerprint density at radius 1 is 0.375 bits per heavy atom. The summed E-state index contributed by atoms with van der Waals surface area (Å²) in [4.78, 5) is 0. The fourth-order valence-corrected chi connectivity index (χ4v) is 10.7. The van der Waals surface area contributed by atoms with Crippen molar-refractivity contribution in [3.8, 4) is 44.5 Å². The number of quaternary nitrogens is 2. The Labute approximate surface area is 328 Å². The van der Waals surface area contributed by atoms with Crippen LogP contribution in [0.25, 0.3) is 55.3 Å². The third-order valence-corrected chi connectivity index (χ3v) is 12.6. The van der Waals surface area contributed by atoms with Gasteiger partial charge in [-0.2, -0.15) is 0 Å². The molecule has 2 atom stereocenters. The van der Waals surface area contributed by atoms with Gasteiger partial charge in [-0.15, -0.1) is 0 Å². The Kier molecular flexibility index (Phi) is 7.79. The average Bonchev–Trinajstić information content (AvgIpc) is 3.23. The largest absolute Gasteiger partial charge is 0.628 e. The van der Waals surface area contributed by atoms with Gasteiger partial charge in [0.25, 0.3) is 5.66 Å². The van der Waals surface area contributed by atoms with E-state index in [0.717, 1.165) is 77.5 Å². The Morgan fingerprint density at radius 2 is 0.679 bits per heavy atom. The molecule has 272 valence electrons. The van der Waals surface area contributed by atoms with Crippen LogP contribution in [0, 0.1) is 10.4 Å². The van der Waals surface area contributed by atoms with Gasteiger partial charge in [0.05, 0.1) is 25.2 Å². The van der Waals surface area contributed by atoms with Gasteiger partial charge in [-0.25, -0.2) is 0 Å². The molecule has 0 amide bonds. The summed E-state index contributed by atoms with van der Waals surface area (Å²) in [6.45, 7) is 0.473. The molecule has 11 rings (SSSR count). The SMILES string of the molecule is C[N+]1([O-])CC2(c3ccccc3)C[N+](C)([O-])C1(c1ccccc1)c1cc3c(-c4ccccc4)c(-c4ccccc4)c(-c4ccccc4)c(-c4ccccc4)c3cc12. The van der Waals surface area contributed by atoms with Crippen molar-refractivity contribution in [2.24, 2.45) is 0 Å². The van der Waals surface area contributed by atoms with E-state index in [1.807, 2.05) is 48.5 Å². The number of hydrogen-bond donors (Lipinski definition) is 0. The summed E-state index contributed by atoms with van der Waals surface area (Å²) in [6.07, 6.45) is 0. The molecule has 0 saturated carbocycles. The van der Waals surface area contributed by atoms with Crippen LogP contribution in [0.1, 0.15) is 22.3 Å². The lowest BCUT2D eigenvalue weighted by Gasteiger charge is -2.73. The van der Waals surface area contributed by atoms with Crippen molar-refractivity contribution in [1.29, 1.82) is 0 Å². The number of nitrogens with zero attached hydrogens (tertiary/aromatic N) is 2. The lowest BCUT2D eigenvalue weighted by atomic mass is 9.60. The van der Waals surface area contributed by atoms with Crippen molar-refractivity contribution in [3.05, 3.63) is 227 Å². The predicted octanol–water partition coefficient (Wildman–Crippen LogP) is 11.9. The van der Waals surface area contributed by atoms with E-state index in [0.29, 0.717) is 0 Å². The molecular weight excluding hydrogens is 685 g/mol. The Hall–Kier alpha value is -6.14. The molecule has 4 heteroatoms. The first-order chi connectivity index (χ1) is 27.3. The molecular formula is C52H42N2O2. The molecule has 3 heterocycles. The van der Waals surface area contributed by atoms with Crippen LogP contribution in [-0.2, 0) is 11.1 Å². The van der Waals surface area contributed by atoms with Gasteiger partial charge < -0.3 is 19.7 Å². The molecule has 0 N–H and O–H groups in total. The van der Waals surface area contributed by atoms with Crippen molar-refractivity contribution >= 4 is 10.8 Å². The van der Waals surface area contributed by atoms with E-state index in [2.05, 4.69) is 146 Å². The fraction of sp³-hybridized carbons (Fsp3) is 0.115. The molecule has 3 aliphatic rings. The summed E-state index contributed by atoms with van der Waals surface area (Å²) in [5, 5.41) is 33.8. The summed E-state index contributed by atoms with van der Waals surface area (Å²) in [7, 11) is 3.46. The molecule has 2 unspecified atom stereocenters. The first kappa shape index (κ1) is 34.4. The van der Waals surface area contributed by atoms with Crippen molar-refractivity contribution in [1.82, 2.24) is 0 Å². The van der Waals surface area contributed by atoms with Gasteiger partial charge in [-0.3, -0.25) is 0 Å². The molecule has 56 heavy (non-hydrogen) atoms. The zero-order valence-electron chi connectivity index (χ0n) is 31.6. The van der Waals surface area contributed by atoms with Crippen LogP contribution in [-0.4, -0.2) is 36.5 Å². The number of hydroxylamine groups is 6. The van der Waals surface area contributed by atoms with Crippen LogP contribution in [0.2, 0.25) is 0 Å². The van der Waals surface area contributed by atoms with Crippen LogP contribution >= 0.6 is 0 Å². The zero-order valence-corrected chi connectivity index (χ0v) is 31.6. The number of rotatable bonds is 6. The van der Waals surface area contributed by atoms with E-state index < -0.39 is 20.4 Å². The molecule has 0 aliphatic carbocycles. The molecule has 1 saturated heterocycles. The predicted molar refractivity (Wildman–Crippen MR) is 229 cm³/mol. The van der Waals surface area contributed by atoms with Crippen LogP contribution < -0.4 is 0 Å². The normalized spacial score (nSPS) is 23.9. The van der Waals surface area contributed by atoms with E-state index >= 15 is 10.4 Å². The van der Waals surface area contributed by atoms with Crippen LogP contribution in [0.4, 0.5) is 0 Å². The minimum Gasteiger partial charge on any atom is -0.628 e. The third kappa shape index (κ3) is 4.81. The molecule has 0 radical (unpaired) electrons. The second kappa shape index (κ2) is 12.7. The van der Waals surface area contributed by atoms with E-state index in [1.165, 1.54) is 0 Å². The van der Waals surface area contributed by atoms with E-state index in [4.69, 9.17) is 0 Å².